The Kier molecular flexibility index (Phi) is 6.77. The number of nitrogens with one attached hydrogen (secondary N) is 4. The number of alkyl carbamates (subject to hydrolysis) is 1. The summed E-state index contributed by atoms with van der Waals surface area (Å²) in [6, 6.07) is 7.50. The average Bonchev–Trinajstić information content (AvgIpc) is 3.64. The molecule has 5 N–H and O–H groups in total. The summed E-state index contributed by atoms with van der Waals surface area (Å²) in [5.74, 6) is 0.550. The van der Waals surface area contributed by atoms with Crippen molar-refractivity contribution in [1.29, 1.82) is 10.5 Å². The predicted octanol–water partition coefficient (Wildman–Crippen LogP) is 1.51. The fourth-order valence-electron chi connectivity index (χ4n) is 4.79. The number of rotatable bonds is 7. The third-order valence-electron chi connectivity index (χ3n) is 7.13. The zero-order chi connectivity index (χ0) is 27.9. The fraction of sp³-hybridized carbons (Fsp3) is 0.440. The van der Waals surface area contributed by atoms with Crippen molar-refractivity contribution < 1.29 is 19.4 Å². The molecule has 40 heavy (non-hydrogen) atoms. The summed E-state index contributed by atoms with van der Waals surface area (Å²) in [4.78, 5) is 21.7. The first kappa shape index (κ1) is 26.0. The Balaban J connectivity index is 1.40. The molecule has 1 saturated carbocycles. The highest BCUT2D eigenvalue weighted by Crippen LogP contribution is 2.41. The smallest absolute Gasteiger partial charge is 0.408 e. The number of β-amino-alcohol motifs (C(OH)–C–C–N with tert-alkyl or cyclic N) is 1. The van der Waals surface area contributed by atoms with Crippen LogP contribution in [0, 0.1) is 22.7 Å². The zero-order valence-corrected chi connectivity index (χ0v) is 21.9. The van der Waals surface area contributed by atoms with Crippen LogP contribution in [0.3, 0.4) is 0 Å². The Morgan fingerprint density at radius 2 is 2.12 bits per heavy atom. The van der Waals surface area contributed by atoms with Gasteiger partial charge in [-0.15, -0.1) is 5.10 Å². The lowest BCUT2D eigenvalue weighted by Crippen LogP contribution is -2.62. The van der Waals surface area contributed by atoms with E-state index in [4.69, 9.17) is 21.1 Å². The molecular weight excluding hydrogens is 540 g/mol. The van der Waals surface area contributed by atoms with Crippen LogP contribution >= 0.6 is 11.6 Å². The molecule has 0 bridgehead atoms. The lowest BCUT2D eigenvalue weighted by Gasteiger charge is -2.43. The van der Waals surface area contributed by atoms with Gasteiger partial charge in [-0.05, 0) is 37.9 Å². The van der Waals surface area contributed by atoms with E-state index in [0.29, 0.717) is 36.8 Å². The third kappa shape index (κ3) is 4.82. The van der Waals surface area contributed by atoms with E-state index < -0.39 is 17.7 Å². The molecule has 2 saturated heterocycles. The first-order valence-electron chi connectivity index (χ1n) is 12.8. The maximum absolute atomic E-state index is 12.9. The van der Waals surface area contributed by atoms with Crippen molar-refractivity contribution in [3.05, 3.63) is 40.2 Å². The van der Waals surface area contributed by atoms with Gasteiger partial charge in [-0.3, -0.25) is 0 Å². The number of amides is 1. The van der Waals surface area contributed by atoms with E-state index in [1.807, 2.05) is 0 Å². The van der Waals surface area contributed by atoms with Crippen molar-refractivity contribution >= 4 is 40.8 Å². The summed E-state index contributed by atoms with van der Waals surface area (Å²) in [6.45, 7) is 1.24. The van der Waals surface area contributed by atoms with Crippen LogP contribution < -0.4 is 21.3 Å². The summed E-state index contributed by atoms with van der Waals surface area (Å²) in [5, 5.41) is 47.5. The van der Waals surface area contributed by atoms with Crippen molar-refractivity contribution in [2.45, 2.75) is 43.1 Å². The zero-order valence-electron chi connectivity index (χ0n) is 21.1. The molecule has 2 atom stereocenters. The molecule has 1 amide bonds. The molecule has 2 aromatic heterocycles. The molecule has 14 nitrogen and oxygen atoms in total. The van der Waals surface area contributed by atoms with Gasteiger partial charge in [-0.1, -0.05) is 11.6 Å². The SMILES string of the molecule is N#Cc1cc(Nc2nc(NC3CC3)c3ncc(C#N)n3n2)c(Cl)c([C@]2(NC(=O)OC3COC3)CCNC[C@H]2O)c1. The minimum Gasteiger partial charge on any atom is -0.441 e. The van der Waals surface area contributed by atoms with Gasteiger partial charge in [0.05, 0.1) is 53.4 Å². The Hall–Kier alpha value is -4.21. The van der Waals surface area contributed by atoms with E-state index in [1.54, 1.807) is 6.07 Å². The Morgan fingerprint density at radius 1 is 1.30 bits per heavy atom. The summed E-state index contributed by atoms with van der Waals surface area (Å²) in [7, 11) is 0. The van der Waals surface area contributed by atoms with Crippen LogP contribution in [0.25, 0.3) is 5.65 Å². The summed E-state index contributed by atoms with van der Waals surface area (Å²) in [6.07, 6.45) is 1.49. The Morgan fingerprint density at radius 3 is 2.80 bits per heavy atom. The molecule has 1 aromatic carbocycles. The molecule has 206 valence electrons. The van der Waals surface area contributed by atoms with E-state index in [9.17, 15) is 20.4 Å². The third-order valence-corrected chi connectivity index (χ3v) is 7.54. The van der Waals surface area contributed by atoms with Gasteiger partial charge in [0.25, 0.3) is 0 Å². The lowest BCUT2D eigenvalue weighted by atomic mass is 9.78. The maximum Gasteiger partial charge on any atom is 0.408 e. The first-order valence-corrected chi connectivity index (χ1v) is 13.2. The highest BCUT2D eigenvalue weighted by molar-refractivity contribution is 6.34. The monoisotopic (exact) mass is 564 g/mol. The summed E-state index contributed by atoms with van der Waals surface area (Å²) >= 11 is 6.94. The van der Waals surface area contributed by atoms with Gasteiger partial charge in [0, 0.05) is 18.2 Å². The fourth-order valence-corrected chi connectivity index (χ4v) is 5.12. The highest BCUT2D eigenvalue weighted by atomic mass is 35.5. The second-order valence-corrected chi connectivity index (χ2v) is 10.3. The molecule has 0 unspecified atom stereocenters. The molecule has 4 heterocycles. The number of benzene rings is 1. The van der Waals surface area contributed by atoms with Gasteiger partial charge in [-0.2, -0.15) is 20.0 Å². The van der Waals surface area contributed by atoms with Crippen molar-refractivity contribution in [1.82, 2.24) is 30.2 Å². The molecule has 0 radical (unpaired) electrons. The number of anilines is 3. The van der Waals surface area contributed by atoms with Crippen molar-refractivity contribution in [3.63, 3.8) is 0 Å². The first-order chi connectivity index (χ1) is 19.4. The van der Waals surface area contributed by atoms with E-state index in [0.717, 1.165) is 12.8 Å². The number of aromatic nitrogens is 4. The molecule has 6 rings (SSSR count). The van der Waals surface area contributed by atoms with Gasteiger partial charge in [0.2, 0.25) is 5.95 Å². The number of ether oxygens (including phenoxy) is 2. The number of aliphatic hydroxyl groups is 1. The number of nitrogens with zero attached hydrogens (tertiary/aromatic N) is 6. The topological polar surface area (TPSA) is 195 Å². The number of carbonyl (C=O) groups excluding carboxylic acids is 1. The van der Waals surface area contributed by atoms with Crippen LogP contribution in [-0.2, 0) is 15.0 Å². The second-order valence-electron chi connectivity index (χ2n) is 9.95. The van der Waals surface area contributed by atoms with E-state index in [2.05, 4.69) is 48.5 Å². The summed E-state index contributed by atoms with van der Waals surface area (Å²) in [5.41, 5.74) is 0.112. The number of piperidine rings is 1. The minimum atomic E-state index is -1.35. The highest BCUT2D eigenvalue weighted by Gasteiger charge is 2.46. The number of nitriles is 2. The number of imidazole rings is 1. The van der Waals surface area contributed by atoms with Crippen LogP contribution in [-0.4, -0.2) is 75.3 Å². The lowest BCUT2D eigenvalue weighted by molar-refractivity contribution is -0.101. The van der Waals surface area contributed by atoms with Gasteiger partial charge >= 0.3 is 6.09 Å². The van der Waals surface area contributed by atoms with Gasteiger partial charge in [-0.25, -0.2) is 9.78 Å². The van der Waals surface area contributed by atoms with Crippen LogP contribution in [0.4, 0.5) is 22.2 Å². The van der Waals surface area contributed by atoms with Gasteiger partial charge in [0.1, 0.15) is 6.07 Å². The molecule has 0 spiro atoms. The van der Waals surface area contributed by atoms with E-state index in [-0.39, 0.29) is 53.0 Å². The number of halogens is 1. The van der Waals surface area contributed by atoms with Crippen LogP contribution in [0.15, 0.2) is 18.3 Å². The molecule has 3 aromatic rings. The quantitative estimate of drug-likeness (QED) is 0.278. The molecule has 3 fully saturated rings. The van der Waals surface area contributed by atoms with Gasteiger partial charge < -0.3 is 35.8 Å². The maximum atomic E-state index is 12.9. The minimum absolute atomic E-state index is 0.102. The Labute approximate surface area is 233 Å². The van der Waals surface area contributed by atoms with Gasteiger partial charge in [0.15, 0.2) is 23.3 Å². The van der Waals surface area contributed by atoms with Crippen molar-refractivity contribution in [3.8, 4) is 12.1 Å². The average molecular weight is 565 g/mol. The molecule has 15 heteroatoms. The van der Waals surface area contributed by atoms with E-state index >= 15 is 0 Å². The van der Waals surface area contributed by atoms with Crippen molar-refractivity contribution in [2.75, 3.05) is 36.9 Å². The molecule has 2 aliphatic heterocycles. The second kappa shape index (κ2) is 10.4. The Bertz CT molecular complexity index is 1560. The number of hydrogen-bond donors (Lipinski definition) is 5. The summed E-state index contributed by atoms with van der Waals surface area (Å²) < 4.78 is 11.9. The normalized spacial score (nSPS) is 22.6. The molecular formula is C25H25ClN10O4. The van der Waals surface area contributed by atoms with Crippen LogP contribution in [0.5, 0.6) is 0 Å². The van der Waals surface area contributed by atoms with Crippen molar-refractivity contribution in [2.24, 2.45) is 0 Å². The number of hydrogen-bond acceptors (Lipinski definition) is 12. The molecule has 3 aliphatic rings. The predicted molar refractivity (Wildman–Crippen MR) is 141 cm³/mol. The number of fused-ring (bicyclic) bond motifs is 1. The van der Waals surface area contributed by atoms with Crippen LogP contribution in [0.1, 0.15) is 36.1 Å². The number of aliphatic hydroxyl groups excluding tert-OH is 1. The van der Waals surface area contributed by atoms with E-state index in [1.165, 1.54) is 16.8 Å². The molecule has 1 aliphatic carbocycles. The van der Waals surface area contributed by atoms with Crippen LogP contribution in [0.2, 0.25) is 5.02 Å². The number of carbonyl (C=O) groups is 1. The largest absolute Gasteiger partial charge is 0.441 e. The standard InChI is InChI=1S/C25H25ClN10O4/c26-20-17(25(3-4-29-10-19(25)37)34-24(38)40-16-11-39-12-16)5-13(7-27)6-18(20)32-23-33-21(31-14-1-2-14)22-30-9-15(8-28)36(22)35-23/h5-6,9,14,16,19,29,37H,1-4,10-12H2,(H,34,38)(H2,31,32,33,35)/t19-,25-/m1/s1.